The van der Waals surface area contributed by atoms with Crippen LogP contribution in [0.5, 0.6) is 11.6 Å². The van der Waals surface area contributed by atoms with E-state index in [0.717, 1.165) is 47.5 Å². The number of carbonyl (C=O) groups excluding carboxylic acids is 1. The maximum atomic E-state index is 13.3. The van der Waals surface area contributed by atoms with Crippen LogP contribution in [0.25, 0.3) is 33.6 Å². The molecule has 1 saturated heterocycles. The van der Waals surface area contributed by atoms with Crippen LogP contribution in [0.1, 0.15) is 30.1 Å². The third-order valence-corrected chi connectivity index (χ3v) is 6.62. The number of hydrogen-bond donors (Lipinski definition) is 1. The van der Waals surface area contributed by atoms with E-state index in [4.69, 9.17) is 20.2 Å². The molecule has 9 heteroatoms. The number of hydrogen-bond acceptors (Lipinski definition) is 6. The molecule has 0 radical (unpaired) electrons. The molecule has 1 amide bonds. The van der Waals surface area contributed by atoms with Crippen LogP contribution < -0.4 is 15.2 Å². The van der Waals surface area contributed by atoms with E-state index in [0.29, 0.717) is 35.8 Å². The predicted molar refractivity (Wildman–Crippen MR) is 131 cm³/mol. The molecule has 5 rings (SSSR count). The zero-order valence-electron chi connectivity index (χ0n) is 20.0. The minimum Gasteiger partial charge on any atom is -0.494 e. The fourth-order valence-electron chi connectivity index (χ4n) is 4.92. The van der Waals surface area contributed by atoms with Gasteiger partial charge in [0.1, 0.15) is 16.9 Å². The van der Waals surface area contributed by atoms with Crippen LogP contribution in [0, 0.1) is 0 Å². The van der Waals surface area contributed by atoms with Gasteiger partial charge in [0.25, 0.3) is 5.91 Å². The average Bonchev–Trinajstić information content (AvgIpc) is 3.39. The summed E-state index contributed by atoms with van der Waals surface area (Å²) in [6.07, 6.45) is 1.86. The van der Waals surface area contributed by atoms with Gasteiger partial charge in [-0.3, -0.25) is 4.79 Å². The summed E-state index contributed by atoms with van der Waals surface area (Å²) in [5.74, 6) is 1.92. The summed E-state index contributed by atoms with van der Waals surface area (Å²) < 4.78 is 15.2. The number of aromatic nitrogens is 4. The molecule has 1 aliphatic heterocycles. The lowest BCUT2D eigenvalue weighted by Crippen LogP contribution is -2.45. The number of imidazole rings is 1. The van der Waals surface area contributed by atoms with E-state index in [1.165, 1.54) is 0 Å². The van der Waals surface area contributed by atoms with Crippen molar-refractivity contribution in [2.24, 2.45) is 12.8 Å². The number of aryl methyl sites for hydroxylation is 2. The first-order valence-electron chi connectivity index (χ1n) is 11.6. The van der Waals surface area contributed by atoms with Crippen molar-refractivity contribution in [1.82, 2.24) is 24.0 Å². The fourth-order valence-corrected chi connectivity index (χ4v) is 4.92. The Hall–Kier alpha value is -3.59. The minimum absolute atomic E-state index is 0.0213. The number of nitrogens with two attached hydrogens (primary N) is 1. The molecular weight excluding hydrogens is 432 g/mol. The summed E-state index contributed by atoms with van der Waals surface area (Å²) in [5, 5.41) is 1.01. The van der Waals surface area contributed by atoms with E-state index in [2.05, 4.69) is 22.5 Å². The van der Waals surface area contributed by atoms with Crippen molar-refractivity contribution in [2.75, 3.05) is 27.3 Å². The Balaban J connectivity index is 1.64. The summed E-state index contributed by atoms with van der Waals surface area (Å²) in [6, 6.07) is 9.62. The van der Waals surface area contributed by atoms with E-state index >= 15 is 0 Å². The molecule has 4 heterocycles. The third kappa shape index (κ3) is 3.56. The van der Waals surface area contributed by atoms with Gasteiger partial charge < -0.3 is 29.2 Å². The van der Waals surface area contributed by atoms with Gasteiger partial charge in [-0.1, -0.05) is 0 Å². The number of ether oxygens (including phenoxy) is 2. The van der Waals surface area contributed by atoms with Crippen LogP contribution >= 0.6 is 0 Å². The molecule has 1 aromatic carbocycles. The molecular formula is C25H30N6O3. The number of piperidine rings is 1. The largest absolute Gasteiger partial charge is 0.494 e. The van der Waals surface area contributed by atoms with E-state index in [-0.39, 0.29) is 11.9 Å². The predicted octanol–water partition coefficient (Wildman–Crippen LogP) is 3.19. The van der Waals surface area contributed by atoms with E-state index in [1.54, 1.807) is 20.3 Å². The molecule has 1 unspecified atom stereocenters. The van der Waals surface area contributed by atoms with E-state index in [1.807, 2.05) is 34.7 Å². The Labute approximate surface area is 198 Å². The molecule has 0 aliphatic carbocycles. The molecule has 1 atom stereocenters. The molecule has 0 bridgehead atoms. The van der Waals surface area contributed by atoms with Crippen LogP contribution in [0.15, 0.2) is 30.3 Å². The minimum atomic E-state index is -0.0403. The van der Waals surface area contributed by atoms with Gasteiger partial charge in [-0.2, -0.15) is 4.98 Å². The quantitative estimate of drug-likeness (QED) is 0.489. The summed E-state index contributed by atoms with van der Waals surface area (Å²) in [6.45, 7) is 4.08. The highest BCUT2D eigenvalue weighted by Gasteiger charge is 2.25. The molecule has 178 valence electrons. The number of nitrogens with zero attached hydrogens (tertiary/aromatic N) is 5. The van der Waals surface area contributed by atoms with Crippen LogP contribution in [0.2, 0.25) is 0 Å². The topological polar surface area (TPSA) is 100 Å². The second-order valence-electron chi connectivity index (χ2n) is 8.73. The van der Waals surface area contributed by atoms with Gasteiger partial charge in [0.05, 0.1) is 25.4 Å². The maximum absolute atomic E-state index is 13.3. The first kappa shape index (κ1) is 22.2. The van der Waals surface area contributed by atoms with Crippen LogP contribution in [0.4, 0.5) is 0 Å². The summed E-state index contributed by atoms with van der Waals surface area (Å²) in [5.41, 5.74) is 9.99. The number of carbonyl (C=O) groups is 1. The molecule has 2 N–H and O–H groups in total. The number of amides is 1. The van der Waals surface area contributed by atoms with Crippen molar-refractivity contribution in [3.05, 3.63) is 35.9 Å². The highest BCUT2D eigenvalue weighted by Crippen LogP contribution is 2.34. The highest BCUT2D eigenvalue weighted by atomic mass is 16.5. The number of methoxy groups -OCH3 is 2. The maximum Gasteiger partial charge on any atom is 0.254 e. The average molecular weight is 463 g/mol. The van der Waals surface area contributed by atoms with Gasteiger partial charge in [-0.25, -0.2) is 4.98 Å². The Kier molecular flexibility index (Phi) is 5.65. The van der Waals surface area contributed by atoms with E-state index in [9.17, 15) is 4.79 Å². The molecule has 1 aliphatic rings. The van der Waals surface area contributed by atoms with Crippen molar-refractivity contribution in [3.8, 4) is 23.1 Å². The third-order valence-electron chi connectivity index (χ3n) is 6.62. The molecule has 34 heavy (non-hydrogen) atoms. The van der Waals surface area contributed by atoms with Crippen LogP contribution in [-0.2, 0) is 13.6 Å². The molecule has 0 spiro atoms. The van der Waals surface area contributed by atoms with Crippen molar-refractivity contribution in [1.29, 1.82) is 0 Å². The smallest absolute Gasteiger partial charge is 0.254 e. The van der Waals surface area contributed by atoms with Crippen LogP contribution in [-0.4, -0.2) is 63.3 Å². The van der Waals surface area contributed by atoms with Crippen molar-refractivity contribution in [3.63, 3.8) is 0 Å². The van der Waals surface area contributed by atoms with Gasteiger partial charge in [0, 0.05) is 49.7 Å². The SMILES string of the molecule is CCn1c(-c2nc3cc(C(=O)N4CCCC(N)C4)cc(OC)c3n2C)cc2ccc(OC)nc21. The first-order valence-corrected chi connectivity index (χ1v) is 11.6. The normalized spacial score (nSPS) is 16.4. The Morgan fingerprint density at radius 2 is 2.00 bits per heavy atom. The number of rotatable bonds is 5. The van der Waals surface area contributed by atoms with Crippen molar-refractivity contribution in [2.45, 2.75) is 32.4 Å². The molecule has 9 nitrogen and oxygen atoms in total. The lowest BCUT2D eigenvalue weighted by Gasteiger charge is -2.30. The standard InChI is InChI=1S/C25H30N6O3/c1-5-31-19(12-15-8-9-21(34-4)28-23(15)31)24-27-18-11-16(13-20(33-3)22(18)29(24)2)25(32)30-10-6-7-17(26)14-30/h8-9,11-13,17H,5-7,10,14,26H2,1-4H3. The summed E-state index contributed by atoms with van der Waals surface area (Å²) in [4.78, 5) is 24.7. The van der Waals surface area contributed by atoms with Gasteiger partial charge in [0.2, 0.25) is 5.88 Å². The number of pyridine rings is 1. The second kappa shape index (κ2) is 8.64. The lowest BCUT2D eigenvalue weighted by atomic mass is 10.0. The van der Waals surface area contributed by atoms with Gasteiger partial charge in [-0.15, -0.1) is 0 Å². The number of likely N-dealkylation sites (tertiary alicyclic amines) is 1. The molecule has 1 fully saturated rings. The molecule has 3 aromatic heterocycles. The zero-order valence-corrected chi connectivity index (χ0v) is 20.0. The molecule has 0 saturated carbocycles. The second-order valence-corrected chi connectivity index (χ2v) is 8.73. The monoisotopic (exact) mass is 462 g/mol. The Bertz CT molecular complexity index is 1390. The van der Waals surface area contributed by atoms with Gasteiger partial charge >= 0.3 is 0 Å². The number of fused-ring (bicyclic) bond motifs is 2. The van der Waals surface area contributed by atoms with Gasteiger partial charge in [-0.05, 0) is 44.0 Å². The molecule has 4 aromatic rings. The van der Waals surface area contributed by atoms with Crippen molar-refractivity contribution < 1.29 is 14.3 Å². The number of benzene rings is 1. The lowest BCUT2D eigenvalue weighted by molar-refractivity contribution is 0.0708. The summed E-state index contributed by atoms with van der Waals surface area (Å²) >= 11 is 0. The Morgan fingerprint density at radius 3 is 2.71 bits per heavy atom. The zero-order chi connectivity index (χ0) is 24.0. The summed E-state index contributed by atoms with van der Waals surface area (Å²) in [7, 11) is 5.19. The van der Waals surface area contributed by atoms with Crippen LogP contribution in [0.3, 0.4) is 0 Å². The fraction of sp³-hybridized carbons (Fsp3) is 0.400. The van der Waals surface area contributed by atoms with E-state index < -0.39 is 0 Å². The van der Waals surface area contributed by atoms with Crippen molar-refractivity contribution >= 4 is 28.0 Å². The Morgan fingerprint density at radius 1 is 1.18 bits per heavy atom. The first-order chi connectivity index (χ1) is 16.4. The highest BCUT2D eigenvalue weighted by molar-refractivity contribution is 6.00. The van der Waals surface area contributed by atoms with Gasteiger partial charge in [0.15, 0.2) is 5.82 Å².